The van der Waals surface area contributed by atoms with Crippen molar-refractivity contribution >= 4 is 5.97 Å². The van der Waals surface area contributed by atoms with Crippen LogP contribution >= 0.6 is 0 Å². The van der Waals surface area contributed by atoms with Crippen molar-refractivity contribution in [2.24, 2.45) is 0 Å². The molecule has 0 aromatic carbocycles. The van der Waals surface area contributed by atoms with E-state index in [2.05, 4.69) is 19.1 Å². The Morgan fingerprint density at radius 3 is 2.03 bits per heavy atom. The molecular weight excluding hydrogens is 416 g/mol. The molecule has 0 fully saturated rings. The summed E-state index contributed by atoms with van der Waals surface area (Å²) in [4.78, 5) is 10.4. The van der Waals surface area contributed by atoms with E-state index in [1.165, 1.54) is 57.8 Å². The van der Waals surface area contributed by atoms with E-state index in [1.54, 1.807) is 18.2 Å². The van der Waals surface area contributed by atoms with Gasteiger partial charge in [-0.2, -0.15) is 0 Å². The molecule has 0 radical (unpaired) electrons. The number of carboxylic acids is 1. The number of hydrogen-bond acceptors (Lipinski definition) is 4. The highest BCUT2D eigenvalue weighted by atomic mass is 16.4. The molecule has 5 nitrogen and oxygen atoms in total. The molecule has 3 atom stereocenters. The van der Waals surface area contributed by atoms with Crippen molar-refractivity contribution in [3.05, 3.63) is 36.5 Å². The van der Waals surface area contributed by atoms with Crippen molar-refractivity contribution in [1.29, 1.82) is 0 Å². The normalized spacial score (nSPS) is 15.0. The third-order valence-corrected chi connectivity index (χ3v) is 5.69. The second-order valence-corrected chi connectivity index (χ2v) is 9.07. The smallest absolute Gasteiger partial charge is 0.303 e. The Labute approximate surface area is 202 Å². The van der Waals surface area contributed by atoms with E-state index in [9.17, 15) is 20.1 Å². The van der Waals surface area contributed by atoms with Crippen LogP contribution < -0.4 is 0 Å². The Morgan fingerprint density at radius 1 is 0.697 bits per heavy atom. The number of allylic oxidation sites excluding steroid dienone is 4. The Hall–Kier alpha value is -1.43. The van der Waals surface area contributed by atoms with Crippen LogP contribution in [0.4, 0.5) is 0 Å². The standard InChI is InChI=1S/C28H50O5/c1-2-3-4-5-6-7-8-9-10-11-12-14-19-25(29)20-17-18-22-27(31)24-26(30)21-15-13-16-23-28(32)33/h6-7,13,15,18,22,25-27,29-31H,2-5,8-12,14,16-17,19-21,23-24H2,1H3,(H,32,33)/b7-6-,15-13-,22-18-. The first-order valence-corrected chi connectivity index (χ1v) is 13.2. The fourth-order valence-corrected chi connectivity index (χ4v) is 3.64. The second-order valence-electron chi connectivity index (χ2n) is 9.07. The highest BCUT2D eigenvalue weighted by Crippen LogP contribution is 2.13. The minimum Gasteiger partial charge on any atom is -0.481 e. The summed E-state index contributed by atoms with van der Waals surface area (Å²) in [6, 6.07) is 0. The van der Waals surface area contributed by atoms with Gasteiger partial charge in [0.05, 0.1) is 18.3 Å². The van der Waals surface area contributed by atoms with Gasteiger partial charge in [0.15, 0.2) is 0 Å². The van der Waals surface area contributed by atoms with Crippen LogP contribution in [0.3, 0.4) is 0 Å². The molecule has 0 aromatic rings. The fraction of sp³-hybridized carbons (Fsp3) is 0.750. The molecule has 33 heavy (non-hydrogen) atoms. The van der Waals surface area contributed by atoms with E-state index in [0.717, 1.165) is 12.8 Å². The molecule has 0 saturated carbocycles. The summed E-state index contributed by atoms with van der Waals surface area (Å²) in [6.07, 6.45) is 25.8. The lowest BCUT2D eigenvalue weighted by atomic mass is 10.0. The minimum absolute atomic E-state index is 0.0843. The SMILES string of the molecule is CCCCC/C=C\CCCCCCCC(O)CC/C=C\C(O)CC(O)C/C=C\CCC(=O)O. The first-order valence-electron chi connectivity index (χ1n) is 13.2. The first-order chi connectivity index (χ1) is 16.0. The zero-order valence-electron chi connectivity index (χ0n) is 20.9. The molecule has 5 heteroatoms. The largest absolute Gasteiger partial charge is 0.481 e. The highest BCUT2D eigenvalue weighted by Gasteiger charge is 2.08. The molecule has 3 unspecified atom stereocenters. The van der Waals surface area contributed by atoms with Crippen LogP contribution in [-0.2, 0) is 4.79 Å². The van der Waals surface area contributed by atoms with Crippen LogP contribution in [0.1, 0.15) is 116 Å². The van der Waals surface area contributed by atoms with Crippen molar-refractivity contribution in [1.82, 2.24) is 0 Å². The third kappa shape index (κ3) is 25.0. The topological polar surface area (TPSA) is 98.0 Å². The average molecular weight is 467 g/mol. The molecule has 0 heterocycles. The van der Waals surface area contributed by atoms with Gasteiger partial charge in [-0.25, -0.2) is 0 Å². The molecule has 0 aromatic heterocycles. The van der Waals surface area contributed by atoms with Crippen LogP contribution in [0.2, 0.25) is 0 Å². The van der Waals surface area contributed by atoms with E-state index >= 15 is 0 Å². The number of aliphatic carboxylic acids is 1. The zero-order valence-corrected chi connectivity index (χ0v) is 20.9. The van der Waals surface area contributed by atoms with Crippen molar-refractivity contribution in [3.8, 4) is 0 Å². The highest BCUT2D eigenvalue weighted by molar-refractivity contribution is 5.66. The molecule has 0 bridgehead atoms. The van der Waals surface area contributed by atoms with Crippen molar-refractivity contribution < 1.29 is 25.2 Å². The van der Waals surface area contributed by atoms with Crippen LogP contribution in [0, 0.1) is 0 Å². The van der Waals surface area contributed by atoms with Crippen molar-refractivity contribution in [2.45, 2.75) is 134 Å². The van der Waals surface area contributed by atoms with Crippen LogP contribution in [0.5, 0.6) is 0 Å². The number of aliphatic hydroxyl groups excluding tert-OH is 3. The summed E-state index contributed by atoms with van der Waals surface area (Å²) in [5, 5.41) is 38.5. The molecule has 0 aliphatic rings. The van der Waals surface area contributed by atoms with E-state index in [-0.39, 0.29) is 18.9 Å². The molecule has 0 aliphatic carbocycles. The summed E-state index contributed by atoms with van der Waals surface area (Å²) in [6.45, 7) is 2.23. The summed E-state index contributed by atoms with van der Waals surface area (Å²) < 4.78 is 0. The predicted octanol–water partition coefficient (Wildman–Crippen LogP) is 6.47. The monoisotopic (exact) mass is 466 g/mol. The summed E-state index contributed by atoms with van der Waals surface area (Å²) >= 11 is 0. The van der Waals surface area contributed by atoms with Gasteiger partial charge < -0.3 is 20.4 Å². The number of hydrogen-bond donors (Lipinski definition) is 4. The maximum atomic E-state index is 10.4. The lowest BCUT2D eigenvalue weighted by Crippen LogP contribution is -2.15. The van der Waals surface area contributed by atoms with Gasteiger partial charge in [0.2, 0.25) is 0 Å². The van der Waals surface area contributed by atoms with Gasteiger partial charge in [-0.15, -0.1) is 0 Å². The lowest BCUT2D eigenvalue weighted by molar-refractivity contribution is -0.136. The number of aliphatic hydroxyl groups is 3. The number of unbranched alkanes of at least 4 members (excludes halogenated alkanes) is 8. The predicted molar refractivity (Wildman–Crippen MR) is 137 cm³/mol. The van der Waals surface area contributed by atoms with Crippen molar-refractivity contribution in [2.75, 3.05) is 0 Å². The van der Waals surface area contributed by atoms with Gasteiger partial charge in [-0.05, 0) is 57.8 Å². The maximum Gasteiger partial charge on any atom is 0.303 e. The quantitative estimate of drug-likeness (QED) is 0.102. The van der Waals surface area contributed by atoms with Gasteiger partial charge in [-0.1, -0.05) is 81.9 Å². The molecule has 4 N–H and O–H groups in total. The molecule has 0 spiro atoms. The molecule has 0 rings (SSSR count). The summed E-state index contributed by atoms with van der Waals surface area (Å²) in [5.41, 5.74) is 0. The van der Waals surface area contributed by atoms with Gasteiger partial charge in [0.1, 0.15) is 0 Å². The minimum atomic E-state index is -0.835. The Kier molecular flexibility index (Phi) is 22.7. The van der Waals surface area contributed by atoms with Gasteiger partial charge in [0.25, 0.3) is 0 Å². The fourth-order valence-electron chi connectivity index (χ4n) is 3.64. The summed E-state index contributed by atoms with van der Waals surface area (Å²) in [5.74, 6) is -0.835. The zero-order chi connectivity index (χ0) is 24.6. The first kappa shape index (κ1) is 31.6. The van der Waals surface area contributed by atoms with Crippen LogP contribution in [0.25, 0.3) is 0 Å². The van der Waals surface area contributed by atoms with E-state index < -0.39 is 18.2 Å². The van der Waals surface area contributed by atoms with Crippen LogP contribution in [-0.4, -0.2) is 44.7 Å². The average Bonchev–Trinajstić information content (AvgIpc) is 2.77. The van der Waals surface area contributed by atoms with E-state index in [4.69, 9.17) is 5.11 Å². The molecule has 192 valence electrons. The van der Waals surface area contributed by atoms with E-state index in [1.807, 2.05) is 6.08 Å². The maximum absolute atomic E-state index is 10.4. The van der Waals surface area contributed by atoms with E-state index in [0.29, 0.717) is 25.7 Å². The summed E-state index contributed by atoms with van der Waals surface area (Å²) in [7, 11) is 0. The lowest BCUT2D eigenvalue weighted by Gasteiger charge is -2.11. The number of rotatable bonds is 23. The number of carbonyl (C=O) groups is 1. The molecule has 0 aliphatic heterocycles. The van der Waals surface area contributed by atoms with Gasteiger partial charge in [0, 0.05) is 12.8 Å². The third-order valence-electron chi connectivity index (χ3n) is 5.69. The number of carboxylic acid groups (broad SMARTS) is 1. The second kappa shape index (κ2) is 23.7. The molecule has 0 saturated heterocycles. The molecular formula is C28H50O5. The van der Waals surface area contributed by atoms with Gasteiger partial charge in [-0.3, -0.25) is 4.79 Å². The Morgan fingerprint density at radius 2 is 1.33 bits per heavy atom. The van der Waals surface area contributed by atoms with Crippen molar-refractivity contribution in [3.63, 3.8) is 0 Å². The van der Waals surface area contributed by atoms with Crippen LogP contribution in [0.15, 0.2) is 36.5 Å². The Balaban J connectivity index is 3.60. The van der Waals surface area contributed by atoms with Gasteiger partial charge >= 0.3 is 5.97 Å². The molecule has 0 amide bonds. The Bertz CT molecular complexity index is 526.